The molecule has 2 nitrogen and oxygen atoms in total. The Morgan fingerprint density at radius 1 is 1.41 bits per heavy atom. The highest BCUT2D eigenvalue weighted by Crippen LogP contribution is 2.44. The van der Waals surface area contributed by atoms with Crippen molar-refractivity contribution in [3.63, 3.8) is 0 Å². The molecule has 90 valence electrons. The van der Waals surface area contributed by atoms with Crippen molar-refractivity contribution in [3.8, 4) is 11.8 Å². The van der Waals surface area contributed by atoms with Crippen molar-refractivity contribution in [1.29, 1.82) is 5.26 Å². The number of hydrogen-bond acceptors (Lipinski definition) is 2. The van der Waals surface area contributed by atoms with Crippen LogP contribution in [0.3, 0.4) is 0 Å². The average Bonchev–Trinajstić information content (AvgIpc) is 2.20. The Labute approximate surface area is 103 Å². The molecular formula is C12H10ClF2NO. The van der Waals surface area contributed by atoms with Gasteiger partial charge in [0.2, 0.25) is 0 Å². The Morgan fingerprint density at radius 3 is 2.53 bits per heavy atom. The van der Waals surface area contributed by atoms with Gasteiger partial charge in [0.15, 0.2) is 0 Å². The van der Waals surface area contributed by atoms with Crippen LogP contribution in [0.2, 0.25) is 5.02 Å². The van der Waals surface area contributed by atoms with E-state index < -0.39 is 12.0 Å². The summed E-state index contributed by atoms with van der Waals surface area (Å²) < 4.78 is 28.3. The number of benzene rings is 1. The van der Waals surface area contributed by atoms with Crippen molar-refractivity contribution in [3.05, 3.63) is 28.8 Å². The van der Waals surface area contributed by atoms with Crippen molar-refractivity contribution >= 4 is 11.6 Å². The van der Waals surface area contributed by atoms with E-state index in [1.807, 2.05) is 0 Å². The molecule has 17 heavy (non-hydrogen) atoms. The minimum atomic E-state index is -2.90. The van der Waals surface area contributed by atoms with Crippen molar-refractivity contribution in [1.82, 2.24) is 0 Å². The van der Waals surface area contributed by atoms with Crippen molar-refractivity contribution in [2.45, 2.75) is 31.3 Å². The first-order valence-electron chi connectivity index (χ1n) is 5.23. The minimum Gasteiger partial charge on any atom is -0.433 e. The molecule has 2 rings (SSSR count). The fourth-order valence-corrected chi connectivity index (χ4v) is 2.21. The molecule has 5 heteroatoms. The van der Waals surface area contributed by atoms with Gasteiger partial charge in [-0.25, -0.2) is 0 Å². The number of halogens is 3. The molecular weight excluding hydrogens is 248 g/mol. The summed E-state index contributed by atoms with van der Waals surface area (Å²) >= 11 is 5.85. The molecule has 0 unspecified atom stereocenters. The summed E-state index contributed by atoms with van der Waals surface area (Å²) in [5.41, 5.74) is 0.283. The van der Waals surface area contributed by atoms with Crippen LogP contribution in [0, 0.1) is 11.3 Å². The quantitative estimate of drug-likeness (QED) is 0.823. The first kappa shape index (κ1) is 12.1. The third-order valence-electron chi connectivity index (χ3n) is 3.12. The fraction of sp³-hybridized carbons (Fsp3) is 0.417. The molecule has 0 amide bonds. The zero-order valence-corrected chi connectivity index (χ0v) is 9.68. The van der Waals surface area contributed by atoms with Crippen LogP contribution in [0.5, 0.6) is 5.75 Å². The molecule has 0 N–H and O–H groups in total. The number of alkyl halides is 2. The molecule has 1 aromatic carbocycles. The van der Waals surface area contributed by atoms with Crippen molar-refractivity contribution < 1.29 is 13.5 Å². The summed E-state index contributed by atoms with van der Waals surface area (Å²) in [7, 11) is 0. The van der Waals surface area contributed by atoms with Crippen LogP contribution in [0.25, 0.3) is 0 Å². The van der Waals surface area contributed by atoms with Crippen molar-refractivity contribution in [2.75, 3.05) is 0 Å². The van der Waals surface area contributed by atoms with Gasteiger partial charge in [-0.05, 0) is 37.0 Å². The number of ether oxygens (including phenoxy) is 1. The molecule has 0 radical (unpaired) electrons. The van der Waals surface area contributed by atoms with Crippen LogP contribution in [0.15, 0.2) is 18.2 Å². The zero-order chi connectivity index (χ0) is 12.5. The van der Waals surface area contributed by atoms with Gasteiger partial charge in [0.25, 0.3) is 0 Å². The van der Waals surface area contributed by atoms with E-state index in [0.717, 1.165) is 24.8 Å². The molecule has 0 atom stereocenters. The normalized spacial score (nSPS) is 17.4. The second-order valence-corrected chi connectivity index (χ2v) is 4.48. The maximum atomic E-state index is 12.0. The van der Waals surface area contributed by atoms with E-state index in [0.29, 0.717) is 0 Å². The van der Waals surface area contributed by atoms with Crippen LogP contribution < -0.4 is 4.74 Å². The number of nitrogens with zero attached hydrogens (tertiary/aromatic N) is 1. The van der Waals surface area contributed by atoms with Gasteiger partial charge in [-0.2, -0.15) is 14.0 Å². The largest absolute Gasteiger partial charge is 0.433 e. The van der Waals surface area contributed by atoms with E-state index in [2.05, 4.69) is 10.8 Å². The lowest BCUT2D eigenvalue weighted by Gasteiger charge is -2.35. The molecule has 1 fully saturated rings. The van der Waals surface area contributed by atoms with Gasteiger partial charge >= 0.3 is 6.61 Å². The molecule has 1 aromatic rings. The monoisotopic (exact) mass is 257 g/mol. The Kier molecular flexibility index (Phi) is 3.21. The van der Waals surface area contributed by atoms with E-state index in [-0.39, 0.29) is 10.8 Å². The molecule has 0 saturated heterocycles. The van der Waals surface area contributed by atoms with Crippen LogP contribution in [-0.4, -0.2) is 6.61 Å². The van der Waals surface area contributed by atoms with Gasteiger partial charge < -0.3 is 4.74 Å². The summed E-state index contributed by atoms with van der Waals surface area (Å²) in [6.45, 7) is -2.90. The molecule has 1 saturated carbocycles. The predicted octanol–water partition coefficient (Wildman–Crippen LogP) is 3.89. The standard InChI is InChI=1S/C12H10ClF2NO/c13-9-6-8(12(7-16)4-1-5-12)2-3-10(9)17-11(14)15/h2-3,6,11H,1,4-5H2. The van der Waals surface area contributed by atoms with E-state index in [9.17, 15) is 8.78 Å². The van der Waals surface area contributed by atoms with Crippen LogP contribution >= 0.6 is 11.6 Å². The molecule has 1 aliphatic rings. The Bertz CT molecular complexity index is 466. The SMILES string of the molecule is N#CC1(c2ccc(OC(F)F)c(Cl)c2)CCC1. The topological polar surface area (TPSA) is 33.0 Å². The van der Waals surface area contributed by atoms with E-state index in [1.54, 1.807) is 12.1 Å². The molecule has 0 spiro atoms. The zero-order valence-electron chi connectivity index (χ0n) is 8.92. The first-order chi connectivity index (χ1) is 8.07. The first-order valence-corrected chi connectivity index (χ1v) is 5.61. The lowest BCUT2D eigenvalue weighted by molar-refractivity contribution is -0.0498. The Morgan fingerprint density at radius 2 is 2.12 bits per heavy atom. The Hall–Kier alpha value is -1.34. The molecule has 0 heterocycles. The summed E-state index contributed by atoms with van der Waals surface area (Å²) in [5, 5.41) is 9.27. The van der Waals surface area contributed by atoms with Gasteiger partial charge in [0.05, 0.1) is 16.5 Å². The predicted molar refractivity (Wildman–Crippen MR) is 59.2 cm³/mol. The highest BCUT2D eigenvalue weighted by atomic mass is 35.5. The summed E-state index contributed by atoms with van der Waals surface area (Å²) in [5.74, 6) is -0.0576. The third-order valence-corrected chi connectivity index (χ3v) is 3.42. The van der Waals surface area contributed by atoms with Crippen molar-refractivity contribution in [2.24, 2.45) is 0 Å². The summed E-state index contributed by atoms with van der Waals surface area (Å²) in [6, 6.07) is 6.84. The van der Waals surface area contributed by atoms with E-state index >= 15 is 0 Å². The van der Waals surface area contributed by atoms with Gasteiger partial charge in [-0.3, -0.25) is 0 Å². The summed E-state index contributed by atoms with van der Waals surface area (Å²) in [4.78, 5) is 0. The number of nitriles is 1. The second-order valence-electron chi connectivity index (χ2n) is 4.07. The van der Waals surface area contributed by atoms with E-state index in [1.165, 1.54) is 6.07 Å². The van der Waals surface area contributed by atoms with Crippen LogP contribution in [0.4, 0.5) is 8.78 Å². The third kappa shape index (κ3) is 2.20. The highest BCUT2D eigenvalue weighted by molar-refractivity contribution is 6.32. The average molecular weight is 258 g/mol. The lowest BCUT2D eigenvalue weighted by atomic mass is 9.65. The smallest absolute Gasteiger partial charge is 0.387 e. The molecule has 0 bridgehead atoms. The van der Waals surface area contributed by atoms with Crippen LogP contribution in [-0.2, 0) is 5.41 Å². The van der Waals surface area contributed by atoms with Gasteiger partial charge in [0.1, 0.15) is 5.75 Å². The molecule has 1 aliphatic carbocycles. The lowest BCUT2D eigenvalue weighted by Crippen LogP contribution is -2.32. The van der Waals surface area contributed by atoms with Gasteiger partial charge in [-0.15, -0.1) is 0 Å². The fourth-order valence-electron chi connectivity index (χ4n) is 1.99. The maximum Gasteiger partial charge on any atom is 0.387 e. The van der Waals surface area contributed by atoms with E-state index in [4.69, 9.17) is 16.9 Å². The second kappa shape index (κ2) is 4.50. The maximum absolute atomic E-state index is 12.0. The number of hydrogen-bond donors (Lipinski definition) is 0. The van der Waals surface area contributed by atoms with Gasteiger partial charge in [0, 0.05) is 0 Å². The molecule has 0 aliphatic heterocycles. The summed E-state index contributed by atoms with van der Waals surface area (Å²) in [6.07, 6.45) is 2.57. The van der Waals surface area contributed by atoms with Gasteiger partial charge in [-0.1, -0.05) is 17.7 Å². The number of rotatable bonds is 3. The molecule has 0 aromatic heterocycles. The Balaban J connectivity index is 2.28. The highest BCUT2D eigenvalue weighted by Gasteiger charge is 2.39. The van der Waals surface area contributed by atoms with Crippen LogP contribution in [0.1, 0.15) is 24.8 Å². The minimum absolute atomic E-state index is 0.0576.